The molecule has 1 saturated heterocycles. The molecule has 3 nitrogen and oxygen atoms in total. The topological polar surface area (TPSA) is 34.1 Å². The predicted molar refractivity (Wildman–Crippen MR) is 55.6 cm³/mol. The molecular formula is C11H16N2O. The minimum Gasteiger partial charge on any atom is -0.473 e. The van der Waals surface area contributed by atoms with Crippen LogP contribution >= 0.6 is 0 Å². The first kappa shape index (κ1) is 9.46. The minimum absolute atomic E-state index is 0.295. The Hall–Kier alpha value is -1.09. The maximum atomic E-state index is 5.79. The normalized spacial score (nSPS) is 21.1. The van der Waals surface area contributed by atoms with Gasteiger partial charge in [0.25, 0.3) is 0 Å². The Morgan fingerprint density at radius 1 is 1.50 bits per heavy atom. The van der Waals surface area contributed by atoms with E-state index in [0.717, 1.165) is 31.0 Å². The molecule has 1 fully saturated rings. The molecule has 1 aromatic heterocycles. The van der Waals surface area contributed by atoms with Gasteiger partial charge in [-0.25, -0.2) is 4.98 Å². The third kappa shape index (κ3) is 2.04. The van der Waals surface area contributed by atoms with E-state index in [1.165, 1.54) is 5.56 Å². The van der Waals surface area contributed by atoms with Crippen molar-refractivity contribution in [1.82, 2.24) is 10.3 Å². The van der Waals surface area contributed by atoms with Gasteiger partial charge in [0.1, 0.15) is 6.10 Å². The average Bonchev–Trinajstić information content (AvgIpc) is 2.62. The Morgan fingerprint density at radius 2 is 2.36 bits per heavy atom. The van der Waals surface area contributed by atoms with Crippen molar-refractivity contribution < 1.29 is 4.74 Å². The molecule has 1 aromatic rings. The van der Waals surface area contributed by atoms with Crippen molar-refractivity contribution in [1.29, 1.82) is 0 Å². The van der Waals surface area contributed by atoms with E-state index in [2.05, 4.69) is 16.4 Å². The second-order valence-corrected chi connectivity index (χ2v) is 3.87. The summed E-state index contributed by atoms with van der Waals surface area (Å²) in [7, 11) is 0. The highest BCUT2D eigenvalue weighted by Gasteiger charge is 2.17. The summed E-state index contributed by atoms with van der Waals surface area (Å²) in [6.45, 7) is 6.07. The molecular weight excluding hydrogens is 176 g/mol. The standard InChI is InChI=1S/C11H16N2O/c1-8-5-9(2)11(13-6-8)14-10-3-4-12-7-10/h5-6,10,12H,3-4,7H2,1-2H3/t10-/m0/s1. The zero-order valence-electron chi connectivity index (χ0n) is 8.71. The Morgan fingerprint density at radius 3 is 3.00 bits per heavy atom. The first-order chi connectivity index (χ1) is 6.75. The number of hydrogen-bond acceptors (Lipinski definition) is 3. The fourth-order valence-electron chi connectivity index (χ4n) is 1.71. The van der Waals surface area contributed by atoms with Crippen LogP contribution in [0.3, 0.4) is 0 Å². The van der Waals surface area contributed by atoms with Crippen molar-refractivity contribution >= 4 is 0 Å². The number of nitrogens with zero attached hydrogens (tertiary/aromatic N) is 1. The van der Waals surface area contributed by atoms with Crippen LogP contribution < -0.4 is 10.1 Å². The molecule has 1 N–H and O–H groups in total. The van der Waals surface area contributed by atoms with Crippen molar-refractivity contribution in [3.63, 3.8) is 0 Å². The summed E-state index contributed by atoms with van der Waals surface area (Å²) in [6.07, 6.45) is 3.23. The van der Waals surface area contributed by atoms with E-state index in [1.54, 1.807) is 0 Å². The number of hydrogen-bond donors (Lipinski definition) is 1. The van der Waals surface area contributed by atoms with Crippen molar-refractivity contribution in [2.24, 2.45) is 0 Å². The molecule has 14 heavy (non-hydrogen) atoms. The summed E-state index contributed by atoms with van der Waals surface area (Å²) < 4.78 is 5.79. The van der Waals surface area contributed by atoms with Gasteiger partial charge in [0.2, 0.25) is 5.88 Å². The fourth-order valence-corrected chi connectivity index (χ4v) is 1.71. The number of aryl methyl sites for hydroxylation is 2. The molecule has 0 saturated carbocycles. The first-order valence-electron chi connectivity index (χ1n) is 5.06. The first-order valence-corrected chi connectivity index (χ1v) is 5.06. The summed E-state index contributed by atoms with van der Waals surface area (Å²) in [5.74, 6) is 0.782. The van der Waals surface area contributed by atoms with E-state index >= 15 is 0 Å². The zero-order chi connectivity index (χ0) is 9.97. The molecule has 0 spiro atoms. The zero-order valence-corrected chi connectivity index (χ0v) is 8.71. The van der Waals surface area contributed by atoms with Gasteiger partial charge >= 0.3 is 0 Å². The minimum atomic E-state index is 0.295. The van der Waals surface area contributed by atoms with Gasteiger partial charge in [-0.1, -0.05) is 0 Å². The molecule has 0 radical (unpaired) electrons. The van der Waals surface area contributed by atoms with E-state index in [9.17, 15) is 0 Å². The van der Waals surface area contributed by atoms with Crippen LogP contribution in [0.2, 0.25) is 0 Å². The Labute approximate surface area is 84.5 Å². The molecule has 0 aliphatic carbocycles. The molecule has 1 aliphatic rings. The van der Waals surface area contributed by atoms with E-state index in [1.807, 2.05) is 20.0 Å². The largest absolute Gasteiger partial charge is 0.473 e. The maximum absolute atomic E-state index is 5.79. The van der Waals surface area contributed by atoms with Gasteiger partial charge < -0.3 is 10.1 Å². The summed E-state index contributed by atoms with van der Waals surface area (Å²) in [4.78, 5) is 4.29. The monoisotopic (exact) mass is 192 g/mol. The molecule has 0 bridgehead atoms. The van der Waals surface area contributed by atoms with Gasteiger partial charge in [-0.15, -0.1) is 0 Å². The summed E-state index contributed by atoms with van der Waals surface area (Å²) in [5.41, 5.74) is 2.30. The Balaban J connectivity index is 2.08. The lowest BCUT2D eigenvalue weighted by molar-refractivity contribution is 0.212. The molecule has 2 rings (SSSR count). The quantitative estimate of drug-likeness (QED) is 0.770. The van der Waals surface area contributed by atoms with Gasteiger partial charge in [-0.05, 0) is 38.4 Å². The number of rotatable bonds is 2. The highest BCUT2D eigenvalue weighted by atomic mass is 16.5. The highest BCUT2D eigenvalue weighted by molar-refractivity contribution is 5.28. The summed E-state index contributed by atoms with van der Waals surface area (Å²) >= 11 is 0. The SMILES string of the molecule is Cc1cnc(O[C@H]2CCNC2)c(C)c1. The van der Waals surface area contributed by atoms with E-state index < -0.39 is 0 Å². The van der Waals surface area contributed by atoms with Gasteiger partial charge in [-0.2, -0.15) is 0 Å². The average molecular weight is 192 g/mol. The van der Waals surface area contributed by atoms with Crippen molar-refractivity contribution in [3.05, 3.63) is 23.4 Å². The summed E-state index contributed by atoms with van der Waals surface area (Å²) in [5, 5.41) is 3.27. The van der Waals surface area contributed by atoms with Crippen LogP contribution in [0.4, 0.5) is 0 Å². The van der Waals surface area contributed by atoms with Crippen molar-refractivity contribution in [2.45, 2.75) is 26.4 Å². The molecule has 0 unspecified atom stereocenters. The van der Waals surface area contributed by atoms with Crippen LogP contribution in [-0.4, -0.2) is 24.2 Å². The predicted octanol–water partition coefficient (Wildman–Crippen LogP) is 1.44. The number of pyridine rings is 1. The smallest absolute Gasteiger partial charge is 0.216 e. The molecule has 3 heteroatoms. The van der Waals surface area contributed by atoms with Crippen LogP contribution in [0.5, 0.6) is 5.88 Å². The van der Waals surface area contributed by atoms with Crippen LogP contribution in [0.15, 0.2) is 12.3 Å². The Bertz CT molecular complexity index is 319. The molecule has 76 valence electrons. The van der Waals surface area contributed by atoms with Gasteiger partial charge in [0.15, 0.2) is 0 Å². The van der Waals surface area contributed by atoms with E-state index in [-0.39, 0.29) is 0 Å². The van der Waals surface area contributed by atoms with Crippen molar-refractivity contribution in [2.75, 3.05) is 13.1 Å². The lowest BCUT2D eigenvalue weighted by Gasteiger charge is -2.13. The molecule has 0 amide bonds. The van der Waals surface area contributed by atoms with Crippen LogP contribution in [-0.2, 0) is 0 Å². The number of nitrogens with one attached hydrogen (secondary N) is 1. The molecule has 0 aromatic carbocycles. The number of ether oxygens (including phenoxy) is 1. The highest BCUT2D eigenvalue weighted by Crippen LogP contribution is 2.17. The second kappa shape index (κ2) is 3.96. The third-order valence-corrected chi connectivity index (χ3v) is 2.46. The van der Waals surface area contributed by atoms with Crippen molar-refractivity contribution in [3.8, 4) is 5.88 Å². The molecule has 1 atom stereocenters. The van der Waals surface area contributed by atoms with Crippen LogP contribution in [0.25, 0.3) is 0 Å². The number of aromatic nitrogens is 1. The molecule has 1 aliphatic heterocycles. The second-order valence-electron chi connectivity index (χ2n) is 3.87. The summed E-state index contributed by atoms with van der Waals surface area (Å²) in [6, 6.07) is 2.10. The third-order valence-electron chi connectivity index (χ3n) is 2.46. The lowest BCUT2D eigenvalue weighted by Crippen LogP contribution is -2.20. The Kier molecular flexibility index (Phi) is 2.68. The van der Waals surface area contributed by atoms with Crippen LogP contribution in [0.1, 0.15) is 17.5 Å². The molecule has 2 heterocycles. The van der Waals surface area contributed by atoms with Gasteiger partial charge in [0, 0.05) is 18.3 Å². The van der Waals surface area contributed by atoms with Gasteiger partial charge in [0.05, 0.1) is 0 Å². The lowest BCUT2D eigenvalue weighted by atomic mass is 10.2. The maximum Gasteiger partial charge on any atom is 0.216 e. The van der Waals surface area contributed by atoms with E-state index in [4.69, 9.17) is 4.74 Å². The van der Waals surface area contributed by atoms with Gasteiger partial charge in [-0.3, -0.25) is 0 Å². The fraction of sp³-hybridized carbons (Fsp3) is 0.545. The van der Waals surface area contributed by atoms with E-state index in [0.29, 0.717) is 6.10 Å². The van der Waals surface area contributed by atoms with Crippen LogP contribution in [0, 0.1) is 13.8 Å².